The number of nitrogens with two attached hydrogens (primary N) is 1. The highest BCUT2D eigenvalue weighted by molar-refractivity contribution is 5.92. The van der Waals surface area contributed by atoms with Gasteiger partial charge in [-0.3, -0.25) is 0 Å². The largest absolute Gasteiger partial charge is 0.508 e. The van der Waals surface area contributed by atoms with E-state index < -0.39 is 0 Å². The summed E-state index contributed by atoms with van der Waals surface area (Å²) in [4.78, 5) is 4.29. The third-order valence-electron chi connectivity index (χ3n) is 3.45. The van der Waals surface area contributed by atoms with Crippen LogP contribution >= 0.6 is 0 Å². The molecule has 3 aromatic rings. The number of para-hydroxylation sites is 1. The molecule has 0 heterocycles. The van der Waals surface area contributed by atoms with Crippen LogP contribution in [0.25, 0.3) is 0 Å². The molecule has 5 heteroatoms. The molecule has 0 saturated heterocycles. The molecule has 0 bridgehead atoms. The minimum absolute atomic E-state index is 0.231. The molecule has 3 rings (SSSR count). The van der Waals surface area contributed by atoms with E-state index in [0.717, 1.165) is 17.0 Å². The second-order valence-corrected chi connectivity index (χ2v) is 5.44. The van der Waals surface area contributed by atoms with Crippen LogP contribution in [0.3, 0.4) is 0 Å². The lowest BCUT2D eigenvalue weighted by molar-refractivity contribution is 0.475. The molecule has 3 aromatic carbocycles. The summed E-state index contributed by atoms with van der Waals surface area (Å²) in [6.45, 7) is 0.430. The summed E-state index contributed by atoms with van der Waals surface area (Å²) in [7, 11) is 0. The van der Waals surface area contributed by atoms with E-state index >= 15 is 0 Å². The number of nitrogens with one attached hydrogen (secondary N) is 1. The first-order chi connectivity index (χ1) is 12.2. The zero-order chi connectivity index (χ0) is 17.5. The molecule has 25 heavy (non-hydrogen) atoms. The SMILES string of the molecule is NC(=NCc1ccc(O)cc1)Nc1cccc(Oc2ccccc2)c1. The molecule has 4 N–H and O–H groups in total. The molecule has 0 aliphatic rings. The van der Waals surface area contributed by atoms with E-state index in [1.54, 1.807) is 24.3 Å². The molecule has 0 aliphatic heterocycles. The predicted molar refractivity (Wildman–Crippen MR) is 100 cm³/mol. The second-order valence-electron chi connectivity index (χ2n) is 5.44. The molecule has 0 aliphatic carbocycles. The number of guanidine groups is 1. The Morgan fingerprint density at radius 3 is 2.40 bits per heavy atom. The summed E-state index contributed by atoms with van der Waals surface area (Å²) in [5, 5.41) is 12.3. The van der Waals surface area contributed by atoms with Crippen molar-refractivity contribution in [1.82, 2.24) is 0 Å². The minimum atomic E-state index is 0.231. The van der Waals surface area contributed by atoms with E-state index in [0.29, 0.717) is 18.3 Å². The smallest absolute Gasteiger partial charge is 0.193 e. The van der Waals surface area contributed by atoms with Gasteiger partial charge < -0.3 is 20.9 Å². The van der Waals surface area contributed by atoms with Crippen LogP contribution in [-0.2, 0) is 6.54 Å². The van der Waals surface area contributed by atoms with Crippen LogP contribution in [0, 0.1) is 0 Å². The van der Waals surface area contributed by atoms with Crippen molar-refractivity contribution in [3.05, 3.63) is 84.4 Å². The van der Waals surface area contributed by atoms with Crippen molar-refractivity contribution >= 4 is 11.6 Å². The standard InChI is InChI=1S/C20H19N3O2/c21-20(22-14-15-9-11-17(24)12-10-15)23-16-5-4-8-19(13-16)25-18-6-2-1-3-7-18/h1-13,24H,14H2,(H3,21,22,23). The van der Waals surface area contributed by atoms with E-state index in [-0.39, 0.29) is 5.75 Å². The topological polar surface area (TPSA) is 79.9 Å². The average molecular weight is 333 g/mol. The van der Waals surface area contributed by atoms with Gasteiger partial charge in [0, 0.05) is 11.8 Å². The maximum Gasteiger partial charge on any atom is 0.193 e. The Morgan fingerprint density at radius 2 is 1.64 bits per heavy atom. The van der Waals surface area contributed by atoms with Crippen molar-refractivity contribution in [1.29, 1.82) is 0 Å². The molecule has 0 atom stereocenters. The maximum absolute atomic E-state index is 9.28. The number of aromatic hydroxyl groups is 1. The van der Waals surface area contributed by atoms with Crippen LogP contribution in [0.4, 0.5) is 5.69 Å². The lowest BCUT2D eigenvalue weighted by Crippen LogP contribution is -2.22. The van der Waals surface area contributed by atoms with E-state index in [1.807, 2.05) is 54.6 Å². The fourth-order valence-electron chi connectivity index (χ4n) is 2.23. The normalized spacial score (nSPS) is 11.1. The molecule has 0 radical (unpaired) electrons. The lowest BCUT2D eigenvalue weighted by atomic mass is 10.2. The third kappa shape index (κ3) is 5.00. The van der Waals surface area contributed by atoms with Crippen LogP contribution in [0.15, 0.2) is 83.9 Å². The predicted octanol–water partition coefficient (Wildman–Crippen LogP) is 4.11. The number of phenolic OH excluding ortho intramolecular Hbond substituents is 1. The lowest BCUT2D eigenvalue weighted by Gasteiger charge is -2.09. The summed E-state index contributed by atoms with van der Waals surface area (Å²) >= 11 is 0. The third-order valence-corrected chi connectivity index (χ3v) is 3.45. The quantitative estimate of drug-likeness (QED) is 0.485. The van der Waals surface area contributed by atoms with Gasteiger partial charge in [0.25, 0.3) is 0 Å². The monoisotopic (exact) mass is 333 g/mol. The molecule has 0 unspecified atom stereocenters. The van der Waals surface area contributed by atoms with Crippen LogP contribution in [0.1, 0.15) is 5.56 Å². The Hall–Kier alpha value is -3.47. The van der Waals surface area contributed by atoms with Gasteiger partial charge in [0.15, 0.2) is 5.96 Å². The van der Waals surface area contributed by atoms with E-state index in [1.165, 1.54) is 0 Å². The highest BCUT2D eigenvalue weighted by Crippen LogP contribution is 2.23. The van der Waals surface area contributed by atoms with Crippen molar-refractivity contribution < 1.29 is 9.84 Å². The number of ether oxygens (including phenoxy) is 1. The second kappa shape index (κ2) is 7.88. The molecule has 5 nitrogen and oxygen atoms in total. The highest BCUT2D eigenvalue weighted by atomic mass is 16.5. The Labute approximate surface area is 146 Å². The van der Waals surface area contributed by atoms with Crippen molar-refractivity contribution in [2.45, 2.75) is 6.54 Å². The number of nitrogens with zero attached hydrogens (tertiary/aromatic N) is 1. The summed E-state index contributed by atoms with van der Waals surface area (Å²) in [5.41, 5.74) is 7.69. The Balaban J connectivity index is 1.62. The van der Waals surface area contributed by atoms with E-state index in [2.05, 4.69) is 10.3 Å². The van der Waals surface area contributed by atoms with Crippen LogP contribution in [-0.4, -0.2) is 11.1 Å². The van der Waals surface area contributed by atoms with Gasteiger partial charge in [0.05, 0.1) is 6.54 Å². The van der Waals surface area contributed by atoms with Crippen molar-refractivity contribution in [2.24, 2.45) is 10.7 Å². The average Bonchev–Trinajstić information content (AvgIpc) is 2.62. The van der Waals surface area contributed by atoms with Gasteiger partial charge in [-0.05, 0) is 42.0 Å². The minimum Gasteiger partial charge on any atom is -0.508 e. The van der Waals surface area contributed by atoms with Crippen LogP contribution in [0.2, 0.25) is 0 Å². The van der Waals surface area contributed by atoms with Gasteiger partial charge in [0.2, 0.25) is 0 Å². The van der Waals surface area contributed by atoms with Gasteiger partial charge in [-0.1, -0.05) is 36.4 Å². The molecular weight excluding hydrogens is 314 g/mol. The number of hydrogen-bond acceptors (Lipinski definition) is 3. The number of phenols is 1. The molecule has 0 saturated carbocycles. The zero-order valence-electron chi connectivity index (χ0n) is 13.6. The number of hydrogen-bond donors (Lipinski definition) is 3. The van der Waals surface area contributed by atoms with Crippen LogP contribution < -0.4 is 15.8 Å². The summed E-state index contributed by atoms with van der Waals surface area (Å²) < 4.78 is 5.80. The first kappa shape index (κ1) is 16.4. The fourth-order valence-corrected chi connectivity index (χ4v) is 2.23. The maximum atomic E-state index is 9.28. The van der Waals surface area contributed by atoms with Crippen molar-refractivity contribution in [3.8, 4) is 17.2 Å². The van der Waals surface area contributed by atoms with Crippen molar-refractivity contribution in [2.75, 3.05) is 5.32 Å². The highest BCUT2D eigenvalue weighted by Gasteiger charge is 2.00. The fraction of sp³-hybridized carbons (Fsp3) is 0.0500. The first-order valence-electron chi connectivity index (χ1n) is 7.87. The molecular formula is C20H19N3O2. The number of anilines is 1. The van der Waals surface area contributed by atoms with Gasteiger partial charge in [-0.2, -0.15) is 0 Å². The van der Waals surface area contributed by atoms with E-state index in [4.69, 9.17) is 10.5 Å². The Morgan fingerprint density at radius 1 is 0.920 bits per heavy atom. The van der Waals surface area contributed by atoms with Gasteiger partial charge in [0.1, 0.15) is 17.2 Å². The number of benzene rings is 3. The van der Waals surface area contributed by atoms with E-state index in [9.17, 15) is 5.11 Å². The summed E-state index contributed by atoms with van der Waals surface area (Å²) in [5.74, 6) is 2.02. The summed E-state index contributed by atoms with van der Waals surface area (Å²) in [6, 6.07) is 23.9. The first-order valence-corrected chi connectivity index (χ1v) is 7.87. The summed E-state index contributed by atoms with van der Waals surface area (Å²) in [6.07, 6.45) is 0. The zero-order valence-corrected chi connectivity index (χ0v) is 13.6. The van der Waals surface area contributed by atoms with Gasteiger partial charge in [-0.25, -0.2) is 4.99 Å². The number of rotatable bonds is 5. The van der Waals surface area contributed by atoms with Crippen LogP contribution in [0.5, 0.6) is 17.2 Å². The molecule has 0 fully saturated rings. The molecule has 126 valence electrons. The van der Waals surface area contributed by atoms with Crippen molar-refractivity contribution in [3.63, 3.8) is 0 Å². The molecule has 0 spiro atoms. The molecule has 0 amide bonds. The Bertz CT molecular complexity index is 846. The molecule has 0 aromatic heterocycles. The Kier molecular flexibility index (Phi) is 5.16. The van der Waals surface area contributed by atoms with Gasteiger partial charge >= 0.3 is 0 Å². The van der Waals surface area contributed by atoms with Gasteiger partial charge in [-0.15, -0.1) is 0 Å². The number of aliphatic imine (C=N–C) groups is 1.